The van der Waals surface area contributed by atoms with Gasteiger partial charge in [0.15, 0.2) is 11.4 Å². The largest absolute Gasteiger partial charge is 0.346 e. The molecule has 35 heavy (non-hydrogen) atoms. The lowest BCUT2D eigenvalue weighted by molar-refractivity contribution is 0.102. The summed E-state index contributed by atoms with van der Waals surface area (Å²) >= 11 is 1.17. The molecule has 0 aliphatic carbocycles. The van der Waals surface area contributed by atoms with Gasteiger partial charge in [0.05, 0.1) is 18.2 Å². The van der Waals surface area contributed by atoms with Crippen molar-refractivity contribution >= 4 is 39.5 Å². The van der Waals surface area contributed by atoms with Gasteiger partial charge in [-0.1, -0.05) is 50.7 Å². The minimum absolute atomic E-state index is 0.0496. The normalized spacial score (nSPS) is 11.8. The standard InChI is InChI=1S/C25H26N6O3S/c1-25(2,3)23-27-20-19(22(33)30(5)24(34)29(20)4)21(28-23)35-14-18(32)16-13-31(12-8-11-26)17-10-7-6-9-15(16)17/h6-7,9-10,13H,8,12,14H2,1-5H3. The smallest absolute Gasteiger partial charge is 0.332 e. The lowest BCUT2D eigenvalue weighted by Gasteiger charge is -2.19. The lowest BCUT2D eigenvalue weighted by atomic mass is 9.96. The molecule has 180 valence electrons. The van der Waals surface area contributed by atoms with E-state index in [0.717, 1.165) is 15.5 Å². The average Bonchev–Trinajstić information content (AvgIpc) is 3.21. The van der Waals surface area contributed by atoms with Crippen LogP contribution in [0.5, 0.6) is 0 Å². The Hall–Kier alpha value is -3.71. The molecule has 0 N–H and O–H groups in total. The molecule has 3 heterocycles. The number of aromatic nitrogens is 5. The maximum absolute atomic E-state index is 13.3. The van der Waals surface area contributed by atoms with Crippen molar-refractivity contribution < 1.29 is 4.79 Å². The molecule has 10 heteroatoms. The number of para-hydroxylation sites is 1. The summed E-state index contributed by atoms with van der Waals surface area (Å²) < 4.78 is 4.28. The molecule has 0 amide bonds. The molecule has 9 nitrogen and oxygen atoms in total. The van der Waals surface area contributed by atoms with Crippen LogP contribution in [0.4, 0.5) is 0 Å². The van der Waals surface area contributed by atoms with E-state index in [4.69, 9.17) is 5.26 Å². The fourth-order valence-electron chi connectivity index (χ4n) is 3.90. The predicted octanol–water partition coefficient (Wildman–Crippen LogP) is 3.17. The van der Waals surface area contributed by atoms with Crippen molar-refractivity contribution in [3.05, 3.63) is 62.7 Å². The van der Waals surface area contributed by atoms with Crippen LogP contribution >= 0.6 is 11.8 Å². The van der Waals surface area contributed by atoms with E-state index in [9.17, 15) is 14.4 Å². The third-order valence-electron chi connectivity index (χ3n) is 5.83. The van der Waals surface area contributed by atoms with Crippen LogP contribution in [0.3, 0.4) is 0 Å². The molecule has 0 atom stereocenters. The number of thioether (sulfide) groups is 1. The number of hydrogen-bond donors (Lipinski definition) is 0. The first-order valence-electron chi connectivity index (χ1n) is 11.1. The topological polar surface area (TPSA) is 116 Å². The summed E-state index contributed by atoms with van der Waals surface area (Å²) in [5.74, 6) is 0.414. The number of benzene rings is 1. The molecule has 3 aromatic heterocycles. The molecule has 0 aliphatic heterocycles. The van der Waals surface area contributed by atoms with Crippen LogP contribution in [-0.4, -0.2) is 35.2 Å². The fraction of sp³-hybridized carbons (Fsp3) is 0.360. The fourth-order valence-corrected chi connectivity index (χ4v) is 4.80. The molecule has 0 fully saturated rings. The Morgan fingerprint density at radius 2 is 1.83 bits per heavy atom. The number of nitriles is 1. The van der Waals surface area contributed by atoms with Gasteiger partial charge in [-0.2, -0.15) is 5.26 Å². The van der Waals surface area contributed by atoms with Gasteiger partial charge < -0.3 is 4.57 Å². The summed E-state index contributed by atoms with van der Waals surface area (Å²) in [4.78, 5) is 48.0. The van der Waals surface area contributed by atoms with Gasteiger partial charge in [0.2, 0.25) is 0 Å². The van der Waals surface area contributed by atoms with E-state index in [1.54, 1.807) is 13.2 Å². The third-order valence-corrected chi connectivity index (χ3v) is 6.81. The summed E-state index contributed by atoms with van der Waals surface area (Å²) in [6, 6.07) is 9.72. The van der Waals surface area contributed by atoms with Gasteiger partial charge in [0.1, 0.15) is 16.2 Å². The van der Waals surface area contributed by atoms with E-state index in [1.165, 1.54) is 23.4 Å². The molecule has 0 saturated heterocycles. The van der Waals surface area contributed by atoms with Crippen LogP contribution in [-0.2, 0) is 26.1 Å². The van der Waals surface area contributed by atoms with Gasteiger partial charge in [-0.3, -0.25) is 18.7 Å². The number of Topliss-reactive ketones (excluding diaryl/α,β-unsaturated/α-hetero) is 1. The maximum atomic E-state index is 13.3. The van der Waals surface area contributed by atoms with Crippen LogP contribution in [0.2, 0.25) is 0 Å². The molecule has 0 radical (unpaired) electrons. The van der Waals surface area contributed by atoms with E-state index >= 15 is 0 Å². The van der Waals surface area contributed by atoms with E-state index in [2.05, 4.69) is 16.0 Å². The SMILES string of the molecule is Cn1c(=O)c2c(SCC(=O)c3cn(CCC#N)c4ccccc34)nc(C(C)(C)C)nc2n(C)c1=O. The van der Waals surface area contributed by atoms with Crippen molar-refractivity contribution in [3.63, 3.8) is 0 Å². The first-order chi connectivity index (χ1) is 16.5. The van der Waals surface area contributed by atoms with Gasteiger partial charge in [0.25, 0.3) is 5.56 Å². The first kappa shape index (κ1) is 24.4. The van der Waals surface area contributed by atoms with E-state index < -0.39 is 16.7 Å². The van der Waals surface area contributed by atoms with Crippen LogP contribution in [0, 0.1) is 11.3 Å². The van der Waals surface area contributed by atoms with Crippen molar-refractivity contribution in [2.24, 2.45) is 14.1 Å². The Balaban J connectivity index is 1.78. The quantitative estimate of drug-likeness (QED) is 0.232. The molecule has 0 unspecified atom stereocenters. The maximum Gasteiger partial charge on any atom is 0.332 e. The Kier molecular flexibility index (Phi) is 6.38. The van der Waals surface area contributed by atoms with E-state index in [1.807, 2.05) is 49.6 Å². The molecular formula is C25H26N6O3S. The Morgan fingerprint density at radius 1 is 1.11 bits per heavy atom. The second kappa shape index (κ2) is 9.15. The zero-order valence-corrected chi connectivity index (χ0v) is 21.1. The lowest BCUT2D eigenvalue weighted by Crippen LogP contribution is -2.38. The van der Waals surface area contributed by atoms with Crippen molar-refractivity contribution in [1.82, 2.24) is 23.7 Å². The van der Waals surface area contributed by atoms with E-state index in [0.29, 0.717) is 29.4 Å². The van der Waals surface area contributed by atoms with Gasteiger partial charge in [-0.15, -0.1) is 0 Å². The Morgan fingerprint density at radius 3 is 2.51 bits per heavy atom. The summed E-state index contributed by atoms with van der Waals surface area (Å²) in [7, 11) is 2.98. The summed E-state index contributed by atoms with van der Waals surface area (Å²) in [5.41, 5.74) is 0.299. The molecular weight excluding hydrogens is 464 g/mol. The second-order valence-corrected chi connectivity index (χ2v) is 10.3. The zero-order chi connectivity index (χ0) is 25.5. The van der Waals surface area contributed by atoms with Crippen LogP contribution in [0.25, 0.3) is 21.9 Å². The van der Waals surface area contributed by atoms with E-state index in [-0.39, 0.29) is 22.6 Å². The number of rotatable bonds is 6. The Bertz CT molecular complexity index is 1630. The molecule has 0 bridgehead atoms. The number of nitrogens with zero attached hydrogens (tertiary/aromatic N) is 6. The Labute approximate surface area is 206 Å². The van der Waals surface area contributed by atoms with Crippen LogP contribution in [0.1, 0.15) is 43.4 Å². The monoisotopic (exact) mass is 490 g/mol. The van der Waals surface area contributed by atoms with Gasteiger partial charge in [-0.05, 0) is 6.07 Å². The summed E-state index contributed by atoms with van der Waals surface area (Å²) in [6.45, 7) is 6.34. The second-order valence-electron chi connectivity index (χ2n) is 9.38. The number of carbonyl (C=O) groups excluding carboxylic acids is 1. The molecule has 4 aromatic rings. The highest BCUT2D eigenvalue weighted by atomic mass is 32.2. The number of hydrogen-bond acceptors (Lipinski definition) is 7. The zero-order valence-electron chi connectivity index (χ0n) is 20.3. The predicted molar refractivity (Wildman–Crippen MR) is 136 cm³/mol. The van der Waals surface area contributed by atoms with Crippen LogP contribution < -0.4 is 11.2 Å². The average molecular weight is 491 g/mol. The number of aryl methyl sites for hydroxylation is 2. The summed E-state index contributed by atoms with van der Waals surface area (Å²) in [6.07, 6.45) is 2.12. The van der Waals surface area contributed by atoms with Gasteiger partial charge in [0, 0.05) is 48.7 Å². The molecule has 1 aromatic carbocycles. The molecule has 0 saturated carbocycles. The first-order valence-corrected chi connectivity index (χ1v) is 12.1. The minimum Gasteiger partial charge on any atom is -0.346 e. The number of carbonyl (C=O) groups is 1. The van der Waals surface area contributed by atoms with Crippen molar-refractivity contribution in [2.75, 3.05) is 5.75 Å². The van der Waals surface area contributed by atoms with Gasteiger partial charge in [-0.25, -0.2) is 14.8 Å². The minimum atomic E-state index is -0.494. The number of fused-ring (bicyclic) bond motifs is 2. The number of ketones is 1. The van der Waals surface area contributed by atoms with Crippen molar-refractivity contribution in [2.45, 2.75) is 44.2 Å². The molecule has 0 spiro atoms. The molecule has 4 rings (SSSR count). The van der Waals surface area contributed by atoms with Crippen LogP contribution in [0.15, 0.2) is 45.1 Å². The third kappa shape index (κ3) is 4.39. The highest BCUT2D eigenvalue weighted by molar-refractivity contribution is 8.00. The highest BCUT2D eigenvalue weighted by Gasteiger charge is 2.24. The molecule has 0 aliphatic rings. The highest BCUT2D eigenvalue weighted by Crippen LogP contribution is 2.29. The van der Waals surface area contributed by atoms with Crippen molar-refractivity contribution in [1.29, 1.82) is 5.26 Å². The summed E-state index contributed by atoms with van der Waals surface area (Å²) in [5, 5.41) is 10.4. The van der Waals surface area contributed by atoms with Crippen molar-refractivity contribution in [3.8, 4) is 6.07 Å². The van der Waals surface area contributed by atoms with Gasteiger partial charge >= 0.3 is 5.69 Å².